The van der Waals surface area contributed by atoms with E-state index in [0.717, 1.165) is 0 Å². The summed E-state index contributed by atoms with van der Waals surface area (Å²) < 4.78 is 56.3. The summed E-state index contributed by atoms with van der Waals surface area (Å²) >= 11 is 0. The number of alkyl carbamates (subject to hydrolysis) is 1. The zero-order valence-electron chi connectivity index (χ0n) is 13.1. The van der Waals surface area contributed by atoms with Crippen LogP contribution in [0, 0.1) is 5.92 Å². The first-order chi connectivity index (χ1) is 10.4. The largest absolute Gasteiger partial charge is 0.444 e. The minimum Gasteiger partial charge on any atom is -0.444 e. The summed E-state index contributed by atoms with van der Waals surface area (Å²) in [6, 6.07) is 0. The molecule has 7 nitrogen and oxygen atoms in total. The Morgan fingerprint density at radius 2 is 1.83 bits per heavy atom. The molecule has 2 rings (SSSR count). The van der Waals surface area contributed by atoms with Crippen LogP contribution < -0.4 is 10.0 Å². The van der Waals surface area contributed by atoms with Crippen molar-refractivity contribution in [3.63, 3.8) is 0 Å². The number of carbonyl (C=O) groups is 2. The third kappa shape index (κ3) is 4.10. The Hall–Kier alpha value is -1.45. The molecule has 2 N–H and O–H groups in total. The highest BCUT2D eigenvalue weighted by atomic mass is 32.2. The highest BCUT2D eigenvalue weighted by Crippen LogP contribution is 2.48. The molecular formula is C13H20F2N2O5S. The van der Waals surface area contributed by atoms with Gasteiger partial charge in [0.1, 0.15) is 11.1 Å². The SMILES string of the molecule is CC(C)(C)OC(=O)N[C@]1(C(=O)NS(=O)(=O)C2CC2)C[C@H]1C(F)F. The number of sulfonamides is 1. The van der Waals surface area contributed by atoms with Gasteiger partial charge in [0.15, 0.2) is 0 Å². The highest BCUT2D eigenvalue weighted by Gasteiger charge is 2.66. The van der Waals surface area contributed by atoms with Crippen molar-refractivity contribution in [2.24, 2.45) is 5.92 Å². The standard InChI is InChI=1S/C13H20F2N2O5S/c1-12(2,3)22-11(19)16-13(6-8(13)9(14)15)10(18)17-23(20,21)7-4-5-7/h7-9H,4-6H2,1-3H3,(H,16,19)(H,17,18)/t8-,13+/m0/s1. The summed E-state index contributed by atoms with van der Waals surface area (Å²) in [7, 11) is -3.89. The van der Waals surface area contributed by atoms with Crippen molar-refractivity contribution in [2.75, 3.05) is 0 Å². The van der Waals surface area contributed by atoms with Crippen molar-refractivity contribution in [1.29, 1.82) is 0 Å². The third-order valence-corrected chi connectivity index (χ3v) is 5.47. The van der Waals surface area contributed by atoms with Crippen LogP contribution >= 0.6 is 0 Å². The lowest BCUT2D eigenvalue weighted by molar-refractivity contribution is -0.123. The predicted molar refractivity (Wildman–Crippen MR) is 76.3 cm³/mol. The summed E-state index contributed by atoms with van der Waals surface area (Å²) in [6.07, 6.45) is -3.39. The lowest BCUT2D eigenvalue weighted by Crippen LogP contribution is -2.53. The normalized spacial score (nSPS) is 27.5. The number of carbonyl (C=O) groups excluding carboxylic acids is 2. The molecule has 2 amide bonds. The van der Waals surface area contributed by atoms with Gasteiger partial charge in [0.05, 0.1) is 11.2 Å². The molecule has 0 heterocycles. The molecule has 0 radical (unpaired) electrons. The zero-order chi connectivity index (χ0) is 17.6. The summed E-state index contributed by atoms with van der Waals surface area (Å²) in [5.74, 6) is -2.58. The molecule has 0 aromatic rings. The van der Waals surface area contributed by atoms with E-state index in [2.05, 4.69) is 5.32 Å². The maximum Gasteiger partial charge on any atom is 0.408 e. The topological polar surface area (TPSA) is 102 Å². The fraction of sp³-hybridized carbons (Fsp3) is 0.846. The van der Waals surface area contributed by atoms with E-state index in [1.807, 2.05) is 0 Å². The van der Waals surface area contributed by atoms with Crippen molar-refractivity contribution in [3.8, 4) is 0 Å². The van der Waals surface area contributed by atoms with Crippen LogP contribution in [0.5, 0.6) is 0 Å². The van der Waals surface area contributed by atoms with E-state index in [4.69, 9.17) is 4.74 Å². The van der Waals surface area contributed by atoms with Crippen molar-refractivity contribution >= 4 is 22.0 Å². The number of hydrogen-bond acceptors (Lipinski definition) is 5. The van der Waals surface area contributed by atoms with Crippen LogP contribution in [0.2, 0.25) is 0 Å². The number of ether oxygens (including phenoxy) is 1. The fourth-order valence-corrected chi connectivity index (χ4v) is 3.59. The molecule has 2 aliphatic rings. The molecule has 2 aliphatic carbocycles. The Labute approximate surface area is 133 Å². The van der Waals surface area contributed by atoms with E-state index in [1.165, 1.54) is 0 Å². The summed E-state index contributed by atoms with van der Waals surface area (Å²) in [5, 5.41) is 1.45. The summed E-state index contributed by atoms with van der Waals surface area (Å²) in [4.78, 5) is 24.0. The first-order valence-corrected chi connectivity index (χ1v) is 8.77. The van der Waals surface area contributed by atoms with Gasteiger partial charge in [-0.25, -0.2) is 22.0 Å². The van der Waals surface area contributed by atoms with Crippen LogP contribution in [0.15, 0.2) is 0 Å². The molecule has 132 valence electrons. The predicted octanol–water partition coefficient (Wildman–Crippen LogP) is 1.14. The van der Waals surface area contributed by atoms with E-state index in [1.54, 1.807) is 25.5 Å². The second-order valence-electron chi connectivity index (χ2n) is 6.92. The van der Waals surface area contributed by atoms with Crippen molar-refractivity contribution in [1.82, 2.24) is 10.0 Å². The molecule has 2 fully saturated rings. The Bertz CT molecular complexity index is 612. The van der Waals surface area contributed by atoms with Crippen molar-refractivity contribution in [2.45, 2.75) is 62.8 Å². The third-order valence-electron chi connectivity index (χ3n) is 3.65. The van der Waals surface area contributed by atoms with Crippen LogP contribution in [0.1, 0.15) is 40.0 Å². The van der Waals surface area contributed by atoms with Gasteiger partial charge in [-0.1, -0.05) is 0 Å². The molecule has 0 spiro atoms. The first-order valence-electron chi connectivity index (χ1n) is 7.23. The molecule has 2 saturated carbocycles. The lowest BCUT2D eigenvalue weighted by atomic mass is 10.2. The van der Waals surface area contributed by atoms with Crippen LogP contribution in [-0.4, -0.2) is 43.2 Å². The van der Waals surface area contributed by atoms with Crippen LogP contribution in [0.25, 0.3) is 0 Å². The second kappa shape index (κ2) is 5.57. The van der Waals surface area contributed by atoms with E-state index in [9.17, 15) is 26.8 Å². The maximum atomic E-state index is 12.9. The van der Waals surface area contributed by atoms with Gasteiger partial charge in [0.2, 0.25) is 16.4 Å². The minimum absolute atomic E-state index is 0.337. The second-order valence-corrected chi connectivity index (χ2v) is 8.88. The molecular weight excluding hydrogens is 334 g/mol. The van der Waals surface area contributed by atoms with Gasteiger partial charge < -0.3 is 10.1 Å². The molecule has 2 atom stereocenters. The van der Waals surface area contributed by atoms with Gasteiger partial charge in [-0.2, -0.15) is 0 Å². The van der Waals surface area contributed by atoms with Gasteiger partial charge in [-0.3, -0.25) is 9.52 Å². The Kier molecular flexibility index (Phi) is 4.33. The number of alkyl halides is 2. The van der Waals surface area contributed by atoms with Gasteiger partial charge in [-0.15, -0.1) is 0 Å². The van der Waals surface area contributed by atoms with Crippen LogP contribution in [-0.2, 0) is 19.6 Å². The van der Waals surface area contributed by atoms with Gasteiger partial charge in [0.25, 0.3) is 5.91 Å². The van der Waals surface area contributed by atoms with Gasteiger partial charge in [-0.05, 0) is 40.0 Å². The fourth-order valence-electron chi connectivity index (χ4n) is 2.22. The van der Waals surface area contributed by atoms with E-state index in [0.29, 0.717) is 12.8 Å². The zero-order valence-corrected chi connectivity index (χ0v) is 13.9. The molecule has 0 saturated heterocycles. The monoisotopic (exact) mass is 354 g/mol. The highest BCUT2D eigenvalue weighted by molar-refractivity contribution is 7.90. The quantitative estimate of drug-likeness (QED) is 0.771. The van der Waals surface area contributed by atoms with E-state index in [-0.39, 0.29) is 6.42 Å². The minimum atomic E-state index is -3.89. The maximum absolute atomic E-state index is 12.9. The van der Waals surface area contributed by atoms with Crippen LogP contribution in [0.3, 0.4) is 0 Å². The average Bonchev–Trinajstić information content (AvgIpc) is 3.20. The average molecular weight is 354 g/mol. The van der Waals surface area contributed by atoms with Crippen LogP contribution in [0.4, 0.5) is 13.6 Å². The Morgan fingerprint density at radius 3 is 2.22 bits per heavy atom. The van der Waals surface area contributed by atoms with Crippen molar-refractivity contribution < 1.29 is 31.5 Å². The molecule has 10 heteroatoms. The number of rotatable bonds is 5. The number of hydrogen-bond donors (Lipinski definition) is 2. The van der Waals surface area contributed by atoms with E-state index < -0.39 is 50.8 Å². The van der Waals surface area contributed by atoms with E-state index >= 15 is 0 Å². The summed E-state index contributed by atoms with van der Waals surface area (Å²) in [5.41, 5.74) is -2.82. The number of halogens is 2. The Morgan fingerprint density at radius 1 is 1.26 bits per heavy atom. The molecule has 0 unspecified atom stereocenters. The molecule has 0 aromatic carbocycles. The lowest BCUT2D eigenvalue weighted by Gasteiger charge is -2.23. The molecule has 0 aliphatic heterocycles. The number of amides is 2. The molecule has 0 aromatic heterocycles. The molecule has 23 heavy (non-hydrogen) atoms. The van der Waals surface area contributed by atoms with Gasteiger partial charge >= 0.3 is 6.09 Å². The Balaban J connectivity index is 2.10. The smallest absolute Gasteiger partial charge is 0.408 e. The van der Waals surface area contributed by atoms with Crippen molar-refractivity contribution in [3.05, 3.63) is 0 Å². The summed E-state index contributed by atoms with van der Waals surface area (Å²) in [6.45, 7) is 4.73. The number of nitrogens with one attached hydrogen (secondary N) is 2. The first kappa shape index (κ1) is 17.9. The van der Waals surface area contributed by atoms with Gasteiger partial charge in [0, 0.05) is 0 Å². The molecule has 0 bridgehead atoms.